The van der Waals surface area contributed by atoms with Crippen LogP contribution in [0.25, 0.3) is 22.3 Å². The van der Waals surface area contributed by atoms with Gasteiger partial charge in [-0.25, -0.2) is 43.4 Å². The predicted molar refractivity (Wildman–Crippen MR) is 224 cm³/mol. The van der Waals surface area contributed by atoms with E-state index >= 15 is 0 Å². The van der Waals surface area contributed by atoms with E-state index < -0.39 is 35.8 Å². The molecule has 8 N–H and O–H groups in total. The summed E-state index contributed by atoms with van der Waals surface area (Å²) in [6, 6.07) is 19.4. The largest absolute Gasteiger partial charge is 0.478 e. The first-order chi connectivity index (χ1) is 29.4. The Kier molecular flexibility index (Phi) is 19.4. The third-order valence-corrected chi connectivity index (χ3v) is 9.32. The van der Waals surface area contributed by atoms with Crippen LogP contribution < -0.4 is 10.5 Å². The first-order valence-electron chi connectivity index (χ1n) is 19.2. The van der Waals surface area contributed by atoms with E-state index in [-0.39, 0.29) is 0 Å². The van der Waals surface area contributed by atoms with Gasteiger partial charge in [0.05, 0.1) is 11.4 Å². The molecule has 0 saturated carbocycles. The van der Waals surface area contributed by atoms with Gasteiger partial charge in [0.1, 0.15) is 29.3 Å². The lowest BCUT2D eigenvalue weighted by molar-refractivity contribution is -0.134. The lowest BCUT2D eigenvalue weighted by Crippen LogP contribution is -2.49. The van der Waals surface area contributed by atoms with Crippen molar-refractivity contribution < 1.29 is 64.1 Å². The zero-order chi connectivity index (χ0) is 45.8. The van der Waals surface area contributed by atoms with Crippen molar-refractivity contribution in [2.45, 2.75) is 57.7 Å². The van der Waals surface area contributed by atoms with Crippen molar-refractivity contribution in [3.8, 4) is 22.8 Å². The van der Waals surface area contributed by atoms with Gasteiger partial charge in [-0.05, 0) is 89.0 Å². The Morgan fingerprint density at radius 2 is 1.06 bits per heavy atom. The molecule has 2 aliphatic heterocycles. The average Bonchev–Trinajstić information content (AvgIpc) is 3.64. The summed E-state index contributed by atoms with van der Waals surface area (Å²) < 4.78 is 8.08. The summed E-state index contributed by atoms with van der Waals surface area (Å²) in [4.78, 5) is 71.6. The van der Waals surface area contributed by atoms with Crippen molar-refractivity contribution in [2.24, 2.45) is 0 Å². The van der Waals surface area contributed by atoms with Crippen molar-refractivity contribution in [3.63, 3.8) is 0 Å². The lowest BCUT2D eigenvalue weighted by Gasteiger charge is -2.42. The number of likely N-dealkylation sites (tertiary alicyclic amines) is 2. The number of nitrogens with zero attached hydrogens (tertiary/aromatic N) is 6. The average molecular weight is 860 g/mol. The van der Waals surface area contributed by atoms with E-state index in [1.165, 1.54) is 25.9 Å². The fourth-order valence-corrected chi connectivity index (χ4v) is 6.45. The summed E-state index contributed by atoms with van der Waals surface area (Å²) in [5.74, 6) is -5.49. The fraction of sp³-hybridized carbons (Fsp3) is 0.310. The summed E-state index contributed by atoms with van der Waals surface area (Å²) >= 11 is 0. The van der Waals surface area contributed by atoms with E-state index in [1.54, 1.807) is 6.33 Å². The molecular formula is C42H49N7O13. The van der Waals surface area contributed by atoms with Gasteiger partial charge < -0.3 is 50.9 Å². The fourth-order valence-electron chi connectivity index (χ4n) is 6.45. The molecule has 0 radical (unpaired) electrons. The third kappa shape index (κ3) is 16.7. The number of aliphatic carboxylic acids is 6. The molecule has 2 aliphatic rings. The normalized spacial score (nSPS) is 15.0. The minimum atomic E-state index is -1.26. The molecule has 20 heteroatoms. The van der Waals surface area contributed by atoms with Crippen LogP contribution in [0.1, 0.15) is 45.6 Å². The third-order valence-electron chi connectivity index (χ3n) is 9.32. The van der Waals surface area contributed by atoms with E-state index in [0.29, 0.717) is 60.4 Å². The van der Waals surface area contributed by atoms with Crippen LogP contribution in [0.2, 0.25) is 0 Å². The Morgan fingerprint density at radius 3 is 1.50 bits per heavy atom. The summed E-state index contributed by atoms with van der Waals surface area (Å²) in [7, 11) is 0. The number of benzene rings is 2. The number of carboxylic acid groups (broad SMARTS) is 6. The summed E-state index contributed by atoms with van der Waals surface area (Å²) in [5.41, 5.74) is 9.00. The topological polar surface area (TPSA) is 309 Å². The van der Waals surface area contributed by atoms with Crippen LogP contribution in [0, 0.1) is 0 Å². The van der Waals surface area contributed by atoms with Gasteiger partial charge in [-0.3, -0.25) is 0 Å². The molecule has 0 aliphatic carbocycles. The number of nitrogens with two attached hydrogens (primary N) is 1. The second kappa shape index (κ2) is 24.6. The maximum atomic E-state index is 9.55. The van der Waals surface area contributed by atoms with Gasteiger partial charge in [-0.1, -0.05) is 18.2 Å². The number of aromatic nitrogens is 4. The first kappa shape index (κ1) is 48.9. The second-order valence-corrected chi connectivity index (χ2v) is 13.8. The van der Waals surface area contributed by atoms with Crippen LogP contribution in [0.5, 0.6) is 11.5 Å². The highest BCUT2D eigenvalue weighted by Gasteiger charge is 2.31. The summed E-state index contributed by atoms with van der Waals surface area (Å²) in [6.07, 6.45) is 9.56. The molecule has 2 fully saturated rings. The van der Waals surface area contributed by atoms with Crippen molar-refractivity contribution in [1.82, 2.24) is 29.5 Å². The molecule has 4 heterocycles. The number of anilines is 1. The van der Waals surface area contributed by atoms with Crippen LogP contribution in [0.4, 0.5) is 5.82 Å². The van der Waals surface area contributed by atoms with Crippen molar-refractivity contribution in [2.75, 3.05) is 31.9 Å². The molecule has 2 saturated heterocycles. The zero-order valence-corrected chi connectivity index (χ0v) is 33.9. The van der Waals surface area contributed by atoms with Gasteiger partial charge in [-0.2, -0.15) is 5.10 Å². The molecule has 2 aromatic heterocycles. The number of nitrogen functional groups attached to an aromatic ring is 1. The van der Waals surface area contributed by atoms with Crippen LogP contribution >= 0.6 is 0 Å². The lowest BCUT2D eigenvalue weighted by atomic mass is 9.97. The summed E-state index contributed by atoms with van der Waals surface area (Å²) in [5, 5.41) is 52.8. The minimum absolute atomic E-state index is 0.299. The number of ether oxygens (including phenoxy) is 1. The highest BCUT2D eigenvalue weighted by Crippen LogP contribution is 2.36. The van der Waals surface area contributed by atoms with E-state index in [1.807, 2.05) is 54.6 Å². The minimum Gasteiger partial charge on any atom is -0.478 e. The van der Waals surface area contributed by atoms with Crippen LogP contribution in [-0.4, -0.2) is 134 Å². The maximum Gasteiger partial charge on any atom is 0.328 e. The molecule has 6 rings (SSSR count). The SMILES string of the molecule is CC(C)N1CCC(N2CCC(n3nc(-c4ccc(Oc5ccccc5)cc4)c4c(N)ncnc43)CC2)CC1.O=C(O)/C=C\C(=O)O.O=C(O)/C=C\C(=O)O.O=C(O)/C=C\C(=O)O. The molecule has 330 valence electrons. The van der Waals surface area contributed by atoms with E-state index in [2.05, 4.69) is 38.3 Å². The van der Waals surface area contributed by atoms with Crippen molar-refractivity contribution in [3.05, 3.63) is 97.4 Å². The van der Waals surface area contributed by atoms with Gasteiger partial charge >= 0.3 is 35.8 Å². The highest BCUT2D eigenvalue weighted by atomic mass is 16.5. The molecule has 0 bridgehead atoms. The highest BCUT2D eigenvalue weighted by molar-refractivity contribution is 5.98. The molecule has 20 nitrogen and oxygen atoms in total. The first-order valence-corrected chi connectivity index (χ1v) is 19.2. The molecule has 62 heavy (non-hydrogen) atoms. The smallest absolute Gasteiger partial charge is 0.328 e. The number of hydrogen-bond donors (Lipinski definition) is 7. The predicted octanol–water partition coefficient (Wildman–Crippen LogP) is 4.51. The number of para-hydroxylation sites is 1. The van der Waals surface area contributed by atoms with Gasteiger partial charge in [0.2, 0.25) is 0 Å². The van der Waals surface area contributed by atoms with Crippen LogP contribution in [0.15, 0.2) is 97.4 Å². The Bertz CT molecular complexity index is 2100. The van der Waals surface area contributed by atoms with Crippen molar-refractivity contribution in [1.29, 1.82) is 0 Å². The molecular weight excluding hydrogens is 810 g/mol. The monoisotopic (exact) mass is 859 g/mol. The van der Waals surface area contributed by atoms with Gasteiger partial charge in [0.25, 0.3) is 0 Å². The van der Waals surface area contributed by atoms with E-state index in [4.69, 9.17) is 46.2 Å². The zero-order valence-electron chi connectivity index (χ0n) is 33.9. The van der Waals surface area contributed by atoms with Gasteiger partial charge in [0.15, 0.2) is 5.65 Å². The molecule has 0 spiro atoms. The quantitative estimate of drug-likeness (QED) is 0.0964. The second-order valence-electron chi connectivity index (χ2n) is 13.8. The van der Waals surface area contributed by atoms with Crippen LogP contribution in [-0.2, 0) is 28.8 Å². The number of fused-ring (bicyclic) bond motifs is 1. The van der Waals surface area contributed by atoms with E-state index in [9.17, 15) is 28.8 Å². The molecule has 0 unspecified atom stereocenters. The van der Waals surface area contributed by atoms with Gasteiger partial charge in [0, 0.05) is 67.2 Å². The Morgan fingerprint density at radius 1 is 0.629 bits per heavy atom. The Hall–Kier alpha value is -7.45. The molecule has 0 atom stereocenters. The Labute approximate surface area is 355 Å². The molecule has 2 aromatic carbocycles. The number of carbonyl (C=O) groups is 6. The number of piperidine rings is 2. The molecule has 4 aromatic rings. The number of rotatable bonds is 12. The number of hydrogen-bond acceptors (Lipinski definition) is 13. The van der Waals surface area contributed by atoms with E-state index in [0.717, 1.165) is 59.7 Å². The van der Waals surface area contributed by atoms with Gasteiger partial charge in [-0.15, -0.1) is 0 Å². The van der Waals surface area contributed by atoms with Crippen molar-refractivity contribution >= 4 is 52.7 Å². The molecule has 0 amide bonds. The number of carboxylic acids is 6. The van der Waals surface area contributed by atoms with Crippen LogP contribution in [0.3, 0.4) is 0 Å². The maximum absolute atomic E-state index is 9.55. The Balaban J connectivity index is 0.000000349. The summed E-state index contributed by atoms with van der Waals surface area (Å²) in [6.45, 7) is 9.22. The standard InChI is InChI=1S/C30H37N7O.3C4H4O4/c1-21(2)35-16-12-23(13-17-35)36-18-14-24(15-19-36)37-30-27(29(31)32-20-33-30)28(34-37)22-8-10-26(11-9-22)38-25-6-4-3-5-7-25;3*5-3(6)1-2-4(7)8/h3-11,20-21,23-24H,12-19H2,1-2H3,(H2,31,32,33);3*1-2H,(H,5,6)(H,7,8)/b;3*2-1-.